The monoisotopic (exact) mass is 260 g/mol. The van der Waals surface area contributed by atoms with E-state index in [1.54, 1.807) is 0 Å². The molecule has 19 heavy (non-hydrogen) atoms. The first-order valence-corrected chi connectivity index (χ1v) is 7.50. The van der Waals surface area contributed by atoms with Crippen molar-refractivity contribution in [3.63, 3.8) is 0 Å². The van der Waals surface area contributed by atoms with Crippen LogP contribution in [-0.4, -0.2) is 16.5 Å². The topological polar surface area (TPSA) is 37.3 Å². The fourth-order valence-electron chi connectivity index (χ4n) is 2.92. The number of rotatable bonds is 5. The second-order valence-corrected chi connectivity index (χ2v) is 5.71. The minimum atomic E-state index is -1.02. The van der Waals surface area contributed by atoms with Crippen molar-refractivity contribution < 1.29 is 9.90 Å². The molecule has 0 aromatic heterocycles. The second-order valence-electron chi connectivity index (χ2n) is 5.71. The van der Waals surface area contributed by atoms with Gasteiger partial charge in [0.2, 0.25) is 0 Å². The van der Waals surface area contributed by atoms with Crippen LogP contribution in [0, 0.1) is 0 Å². The van der Waals surface area contributed by atoms with Crippen molar-refractivity contribution in [3.8, 4) is 0 Å². The summed E-state index contributed by atoms with van der Waals surface area (Å²) in [7, 11) is 0. The molecule has 0 spiro atoms. The number of Topliss-reactive ketones (excluding diaryl/α,β-unsaturated/α-hetero) is 1. The number of carbonyl (C=O) groups excluding carboxylic acids is 1. The fourth-order valence-corrected chi connectivity index (χ4v) is 2.92. The molecule has 1 aliphatic carbocycles. The molecule has 0 bridgehead atoms. The van der Waals surface area contributed by atoms with Crippen molar-refractivity contribution in [2.24, 2.45) is 0 Å². The zero-order chi connectivity index (χ0) is 13.6. The first-order valence-electron chi connectivity index (χ1n) is 7.50. The van der Waals surface area contributed by atoms with E-state index < -0.39 is 5.60 Å². The molecule has 1 fully saturated rings. The molecule has 0 heterocycles. The van der Waals surface area contributed by atoms with Gasteiger partial charge in [-0.25, -0.2) is 0 Å². The largest absolute Gasteiger partial charge is 0.382 e. The summed E-state index contributed by atoms with van der Waals surface area (Å²) in [6.45, 7) is 0. The maximum atomic E-state index is 12.2. The Labute approximate surface area is 115 Å². The number of carbonyl (C=O) groups is 1. The van der Waals surface area contributed by atoms with Crippen molar-refractivity contribution in [3.05, 3.63) is 35.9 Å². The predicted molar refractivity (Wildman–Crippen MR) is 77.0 cm³/mol. The Morgan fingerprint density at radius 3 is 2.32 bits per heavy atom. The smallest absolute Gasteiger partial charge is 0.164 e. The number of ketones is 1. The van der Waals surface area contributed by atoms with E-state index in [0.717, 1.165) is 38.5 Å². The molecule has 1 aliphatic rings. The van der Waals surface area contributed by atoms with Crippen LogP contribution in [0.15, 0.2) is 30.3 Å². The Morgan fingerprint density at radius 1 is 1.05 bits per heavy atom. The highest BCUT2D eigenvalue weighted by atomic mass is 16.3. The quantitative estimate of drug-likeness (QED) is 0.820. The molecule has 1 N–H and O–H groups in total. The van der Waals surface area contributed by atoms with E-state index in [1.165, 1.54) is 5.56 Å². The van der Waals surface area contributed by atoms with Crippen LogP contribution in [0.4, 0.5) is 0 Å². The number of benzene rings is 1. The first-order chi connectivity index (χ1) is 9.21. The Bertz CT molecular complexity index is 389. The summed E-state index contributed by atoms with van der Waals surface area (Å²) in [6, 6.07) is 10.2. The second kappa shape index (κ2) is 6.85. The Kier molecular flexibility index (Phi) is 5.15. The number of hydrogen-bond donors (Lipinski definition) is 1. The molecule has 0 unspecified atom stereocenters. The standard InChI is InChI=1S/C17H24O2/c18-16(17(19)13-6-1-2-7-14-17)12-8-11-15-9-4-3-5-10-15/h3-5,9-10,19H,1-2,6-8,11-14H2. The van der Waals surface area contributed by atoms with Gasteiger partial charge in [-0.2, -0.15) is 0 Å². The van der Waals surface area contributed by atoms with E-state index in [2.05, 4.69) is 12.1 Å². The van der Waals surface area contributed by atoms with Crippen LogP contribution in [0.5, 0.6) is 0 Å². The van der Waals surface area contributed by atoms with Gasteiger partial charge >= 0.3 is 0 Å². The lowest BCUT2D eigenvalue weighted by Crippen LogP contribution is -2.37. The molecule has 1 saturated carbocycles. The molecular formula is C17H24O2. The molecule has 0 atom stereocenters. The SMILES string of the molecule is O=C(CCCc1ccccc1)C1(O)CCCCCC1. The molecule has 2 nitrogen and oxygen atoms in total. The van der Waals surface area contributed by atoms with Crippen LogP contribution in [0.1, 0.15) is 56.9 Å². The van der Waals surface area contributed by atoms with Gasteiger partial charge in [-0.15, -0.1) is 0 Å². The summed E-state index contributed by atoms with van der Waals surface area (Å²) in [6.07, 6.45) is 7.87. The number of hydrogen-bond acceptors (Lipinski definition) is 2. The van der Waals surface area contributed by atoms with E-state index in [1.807, 2.05) is 18.2 Å². The molecule has 1 aromatic carbocycles. The van der Waals surface area contributed by atoms with Gasteiger partial charge in [0.1, 0.15) is 5.60 Å². The average Bonchev–Trinajstić information content (AvgIpc) is 2.66. The molecule has 2 heteroatoms. The van der Waals surface area contributed by atoms with Crippen molar-refractivity contribution in [2.75, 3.05) is 0 Å². The third-order valence-electron chi connectivity index (χ3n) is 4.16. The first kappa shape index (κ1) is 14.3. The summed E-state index contributed by atoms with van der Waals surface area (Å²) >= 11 is 0. The normalized spacial score (nSPS) is 18.8. The lowest BCUT2D eigenvalue weighted by atomic mass is 9.87. The number of aryl methyl sites for hydroxylation is 1. The number of aliphatic hydroxyl groups is 1. The van der Waals surface area contributed by atoms with Crippen LogP contribution >= 0.6 is 0 Å². The van der Waals surface area contributed by atoms with E-state index in [-0.39, 0.29) is 5.78 Å². The zero-order valence-corrected chi connectivity index (χ0v) is 11.6. The maximum absolute atomic E-state index is 12.2. The summed E-state index contributed by atoms with van der Waals surface area (Å²) in [5.74, 6) is 0.0605. The van der Waals surface area contributed by atoms with E-state index in [0.29, 0.717) is 19.3 Å². The van der Waals surface area contributed by atoms with Crippen molar-refractivity contribution in [2.45, 2.75) is 63.4 Å². The molecule has 2 rings (SSSR count). The van der Waals surface area contributed by atoms with Crippen molar-refractivity contribution in [1.29, 1.82) is 0 Å². The van der Waals surface area contributed by atoms with Gasteiger partial charge in [-0.3, -0.25) is 4.79 Å². The molecular weight excluding hydrogens is 236 g/mol. The molecule has 0 amide bonds. The van der Waals surface area contributed by atoms with E-state index in [4.69, 9.17) is 0 Å². The minimum absolute atomic E-state index is 0.0605. The minimum Gasteiger partial charge on any atom is -0.382 e. The van der Waals surface area contributed by atoms with E-state index >= 15 is 0 Å². The maximum Gasteiger partial charge on any atom is 0.164 e. The predicted octanol–water partition coefficient (Wildman–Crippen LogP) is 3.66. The van der Waals surface area contributed by atoms with E-state index in [9.17, 15) is 9.90 Å². The van der Waals surface area contributed by atoms with Gasteiger partial charge in [0.05, 0.1) is 0 Å². The average molecular weight is 260 g/mol. The van der Waals surface area contributed by atoms with Gasteiger partial charge in [0.15, 0.2) is 5.78 Å². The third kappa shape index (κ3) is 4.17. The Balaban J connectivity index is 1.80. The van der Waals surface area contributed by atoms with Gasteiger partial charge < -0.3 is 5.11 Å². The molecule has 0 aliphatic heterocycles. The molecule has 0 saturated heterocycles. The molecule has 1 aromatic rings. The Morgan fingerprint density at radius 2 is 1.68 bits per heavy atom. The van der Waals surface area contributed by atoms with Crippen molar-refractivity contribution >= 4 is 5.78 Å². The highest BCUT2D eigenvalue weighted by Gasteiger charge is 2.34. The van der Waals surface area contributed by atoms with Crippen LogP contribution in [0.25, 0.3) is 0 Å². The van der Waals surface area contributed by atoms with Gasteiger partial charge in [-0.1, -0.05) is 56.0 Å². The van der Waals surface area contributed by atoms with Crippen LogP contribution < -0.4 is 0 Å². The fraction of sp³-hybridized carbons (Fsp3) is 0.588. The molecule has 0 radical (unpaired) electrons. The lowest BCUT2D eigenvalue weighted by molar-refractivity contribution is -0.138. The van der Waals surface area contributed by atoms with Crippen LogP contribution in [-0.2, 0) is 11.2 Å². The van der Waals surface area contributed by atoms with Gasteiger partial charge in [0.25, 0.3) is 0 Å². The highest BCUT2D eigenvalue weighted by molar-refractivity contribution is 5.87. The summed E-state index contributed by atoms with van der Waals surface area (Å²) in [5, 5.41) is 10.5. The van der Waals surface area contributed by atoms with Gasteiger partial charge in [-0.05, 0) is 31.2 Å². The highest BCUT2D eigenvalue weighted by Crippen LogP contribution is 2.29. The van der Waals surface area contributed by atoms with Gasteiger partial charge in [0, 0.05) is 6.42 Å². The molecule has 104 valence electrons. The van der Waals surface area contributed by atoms with Crippen LogP contribution in [0.3, 0.4) is 0 Å². The zero-order valence-electron chi connectivity index (χ0n) is 11.6. The summed E-state index contributed by atoms with van der Waals surface area (Å²) in [5.41, 5.74) is 0.246. The third-order valence-corrected chi connectivity index (χ3v) is 4.16. The summed E-state index contributed by atoms with van der Waals surface area (Å²) in [4.78, 5) is 12.2. The van der Waals surface area contributed by atoms with Crippen LogP contribution in [0.2, 0.25) is 0 Å². The Hall–Kier alpha value is -1.15. The lowest BCUT2D eigenvalue weighted by Gasteiger charge is -2.24. The summed E-state index contributed by atoms with van der Waals surface area (Å²) < 4.78 is 0. The van der Waals surface area contributed by atoms with Crippen molar-refractivity contribution in [1.82, 2.24) is 0 Å².